The van der Waals surface area contributed by atoms with Gasteiger partial charge in [-0.2, -0.15) is 12.7 Å². The first-order valence-electron chi connectivity index (χ1n) is 7.31. The van der Waals surface area contributed by atoms with E-state index in [1.807, 2.05) is 0 Å². The molecule has 0 aromatic carbocycles. The van der Waals surface area contributed by atoms with Crippen LogP contribution >= 0.6 is 0 Å². The Bertz CT molecular complexity index is 391. The Labute approximate surface area is 116 Å². The zero-order chi connectivity index (χ0) is 13.9. The molecule has 0 aromatic rings. The normalized spacial score (nSPS) is 28.6. The van der Waals surface area contributed by atoms with Gasteiger partial charge >= 0.3 is 0 Å². The van der Waals surface area contributed by atoms with Gasteiger partial charge in [-0.1, -0.05) is 19.8 Å². The van der Waals surface area contributed by atoms with Gasteiger partial charge in [-0.25, -0.2) is 4.72 Å². The molecule has 0 spiro atoms. The molecule has 5 nitrogen and oxygen atoms in total. The smallest absolute Gasteiger partial charge is 0.279 e. The zero-order valence-electron chi connectivity index (χ0n) is 11.8. The fourth-order valence-corrected chi connectivity index (χ4v) is 4.65. The molecule has 1 atom stereocenters. The fraction of sp³-hybridized carbons (Fsp3) is 1.00. The van der Waals surface area contributed by atoms with Crippen molar-refractivity contribution in [2.75, 3.05) is 26.2 Å². The van der Waals surface area contributed by atoms with Crippen LogP contribution < -0.4 is 4.72 Å². The molecule has 1 saturated carbocycles. The minimum atomic E-state index is -3.38. The summed E-state index contributed by atoms with van der Waals surface area (Å²) in [6.45, 7) is 3.79. The summed E-state index contributed by atoms with van der Waals surface area (Å²) in [4.78, 5) is 0. The van der Waals surface area contributed by atoms with Gasteiger partial charge in [-0.15, -0.1) is 0 Å². The van der Waals surface area contributed by atoms with Gasteiger partial charge in [0.05, 0.1) is 0 Å². The largest absolute Gasteiger partial charge is 0.396 e. The van der Waals surface area contributed by atoms with Gasteiger partial charge in [-0.3, -0.25) is 0 Å². The Morgan fingerprint density at radius 1 is 1.32 bits per heavy atom. The molecule has 112 valence electrons. The van der Waals surface area contributed by atoms with Crippen molar-refractivity contribution < 1.29 is 13.5 Å². The standard InChI is InChI=1S/C13H26N2O3S/c1-13(6-2-3-7-13)11-14-19(17,18)15-8-4-5-12(9-15)10-16/h12,14,16H,2-11H2,1H3. The SMILES string of the molecule is CC1(CNS(=O)(=O)N2CCCC(CO)C2)CCCC1. The van der Waals surface area contributed by atoms with Crippen LogP contribution in [0.4, 0.5) is 0 Å². The van der Waals surface area contributed by atoms with Crippen LogP contribution in [0.2, 0.25) is 0 Å². The second-order valence-corrected chi connectivity index (χ2v) is 8.15. The number of hydrogen-bond donors (Lipinski definition) is 2. The Morgan fingerprint density at radius 3 is 2.63 bits per heavy atom. The summed E-state index contributed by atoms with van der Waals surface area (Å²) in [5.41, 5.74) is 0.124. The van der Waals surface area contributed by atoms with Crippen molar-refractivity contribution in [2.24, 2.45) is 11.3 Å². The lowest BCUT2D eigenvalue weighted by atomic mass is 9.89. The van der Waals surface area contributed by atoms with Crippen molar-refractivity contribution >= 4 is 10.2 Å². The Kier molecular flexibility index (Phi) is 4.87. The van der Waals surface area contributed by atoms with Gasteiger partial charge in [-0.05, 0) is 37.0 Å². The maximum atomic E-state index is 12.3. The maximum Gasteiger partial charge on any atom is 0.279 e. The third-order valence-electron chi connectivity index (χ3n) is 4.57. The minimum Gasteiger partial charge on any atom is -0.396 e. The number of aliphatic hydroxyl groups excluding tert-OH is 1. The van der Waals surface area contributed by atoms with Crippen LogP contribution in [0.25, 0.3) is 0 Å². The molecule has 2 aliphatic rings. The van der Waals surface area contributed by atoms with Crippen molar-refractivity contribution in [3.05, 3.63) is 0 Å². The van der Waals surface area contributed by atoms with E-state index in [0.29, 0.717) is 19.6 Å². The van der Waals surface area contributed by atoms with E-state index in [0.717, 1.165) is 25.7 Å². The number of hydrogen-bond acceptors (Lipinski definition) is 3. The van der Waals surface area contributed by atoms with Crippen molar-refractivity contribution in [1.82, 2.24) is 9.03 Å². The van der Waals surface area contributed by atoms with E-state index >= 15 is 0 Å². The van der Waals surface area contributed by atoms with Gasteiger partial charge < -0.3 is 5.11 Å². The van der Waals surface area contributed by atoms with Gasteiger partial charge in [0.15, 0.2) is 0 Å². The number of nitrogens with one attached hydrogen (secondary N) is 1. The fourth-order valence-electron chi connectivity index (χ4n) is 3.16. The van der Waals surface area contributed by atoms with Crippen LogP contribution in [-0.4, -0.2) is 44.1 Å². The molecule has 0 bridgehead atoms. The van der Waals surface area contributed by atoms with E-state index in [1.165, 1.54) is 17.1 Å². The Hall–Kier alpha value is -0.170. The highest BCUT2D eigenvalue weighted by atomic mass is 32.2. The van der Waals surface area contributed by atoms with Crippen LogP contribution in [0.3, 0.4) is 0 Å². The lowest BCUT2D eigenvalue weighted by Gasteiger charge is -2.32. The number of rotatable bonds is 5. The summed E-state index contributed by atoms with van der Waals surface area (Å²) in [7, 11) is -3.38. The van der Waals surface area contributed by atoms with Crippen molar-refractivity contribution in [2.45, 2.75) is 45.4 Å². The third-order valence-corrected chi connectivity index (χ3v) is 6.09. The van der Waals surface area contributed by atoms with E-state index in [1.54, 1.807) is 0 Å². The highest BCUT2D eigenvalue weighted by Gasteiger charge is 2.33. The highest BCUT2D eigenvalue weighted by molar-refractivity contribution is 7.87. The van der Waals surface area contributed by atoms with Crippen LogP contribution in [0.15, 0.2) is 0 Å². The maximum absolute atomic E-state index is 12.3. The Morgan fingerprint density at radius 2 is 2.00 bits per heavy atom. The summed E-state index contributed by atoms with van der Waals surface area (Å²) in [5, 5.41) is 9.18. The van der Waals surface area contributed by atoms with Crippen LogP contribution in [0.1, 0.15) is 45.4 Å². The van der Waals surface area contributed by atoms with Crippen LogP contribution in [-0.2, 0) is 10.2 Å². The number of aliphatic hydroxyl groups is 1. The highest BCUT2D eigenvalue weighted by Crippen LogP contribution is 2.36. The molecule has 1 aliphatic carbocycles. The molecule has 1 saturated heterocycles. The van der Waals surface area contributed by atoms with Crippen LogP contribution in [0.5, 0.6) is 0 Å². The third kappa shape index (κ3) is 3.90. The van der Waals surface area contributed by atoms with Gasteiger partial charge in [0.2, 0.25) is 0 Å². The summed E-state index contributed by atoms with van der Waals surface area (Å²) in [6, 6.07) is 0. The van der Waals surface area contributed by atoms with Crippen molar-refractivity contribution in [3.63, 3.8) is 0 Å². The molecule has 2 rings (SSSR count). The molecule has 0 radical (unpaired) electrons. The lowest BCUT2D eigenvalue weighted by Crippen LogP contribution is -2.48. The molecule has 0 amide bonds. The predicted molar refractivity (Wildman–Crippen MR) is 74.9 cm³/mol. The molecule has 2 fully saturated rings. The number of piperidine rings is 1. The summed E-state index contributed by atoms with van der Waals surface area (Å²) >= 11 is 0. The van der Waals surface area contributed by atoms with Gasteiger partial charge in [0, 0.05) is 26.2 Å². The monoisotopic (exact) mass is 290 g/mol. The molecular weight excluding hydrogens is 264 g/mol. The first kappa shape index (κ1) is 15.2. The van der Waals surface area contributed by atoms with Gasteiger partial charge in [0.1, 0.15) is 0 Å². The predicted octanol–water partition coefficient (Wildman–Crippen LogP) is 1.11. The summed E-state index contributed by atoms with van der Waals surface area (Å²) in [6.07, 6.45) is 6.37. The Balaban J connectivity index is 1.90. The quantitative estimate of drug-likeness (QED) is 0.797. The molecule has 1 heterocycles. The minimum absolute atomic E-state index is 0.0732. The van der Waals surface area contributed by atoms with Gasteiger partial charge in [0.25, 0.3) is 10.2 Å². The number of nitrogens with zero attached hydrogens (tertiary/aromatic N) is 1. The molecule has 19 heavy (non-hydrogen) atoms. The van der Waals surface area contributed by atoms with Crippen molar-refractivity contribution in [1.29, 1.82) is 0 Å². The molecular formula is C13H26N2O3S. The average Bonchev–Trinajstić information content (AvgIpc) is 2.84. The van der Waals surface area contributed by atoms with E-state index in [9.17, 15) is 13.5 Å². The van der Waals surface area contributed by atoms with E-state index in [-0.39, 0.29) is 17.9 Å². The van der Waals surface area contributed by atoms with E-state index < -0.39 is 10.2 Å². The molecule has 6 heteroatoms. The first-order valence-corrected chi connectivity index (χ1v) is 8.75. The zero-order valence-corrected chi connectivity index (χ0v) is 12.6. The summed E-state index contributed by atoms with van der Waals surface area (Å²) in [5.74, 6) is 0.0902. The van der Waals surface area contributed by atoms with E-state index in [2.05, 4.69) is 11.6 Å². The average molecular weight is 290 g/mol. The molecule has 1 unspecified atom stereocenters. The topological polar surface area (TPSA) is 69.6 Å². The molecule has 0 aromatic heterocycles. The summed E-state index contributed by atoms with van der Waals surface area (Å²) < 4.78 is 28.8. The second-order valence-electron chi connectivity index (χ2n) is 6.39. The molecule has 1 aliphatic heterocycles. The lowest BCUT2D eigenvalue weighted by molar-refractivity contribution is 0.164. The second kappa shape index (κ2) is 6.08. The first-order chi connectivity index (χ1) is 8.95. The van der Waals surface area contributed by atoms with Crippen molar-refractivity contribution in [3.8, 4) is 0 Å². The van der Waals surface area contributed by atoms with E-state index in [4.69, 9.17) is 0 Å². The molecule has 2 N–H and O–H groups in total. The van der Waals surface area contributed by atoms with Crippen LogP contribution in [0, 0.1) is 11.3 Å².